The number of nitrogens with one attached hydrogen (secondary N) is 1. The number of hydrogen-bond acceptors (Lipinski definition) is 3. The lowest BCUT2D eigenvalue weighted by atomic mass is 10.4. The van der Waals surface area contributed by atoms with E-state index in [9.17, 15) is 18.0 Å². The van der Waals surface area contributed by atoms with Crippen LogP contribution in [0.25, 0.3) is 0 Å². The minimum atomic E-state index is -4.54. The molecule has 1 N–H and O–H groups in total. The number of halogens is 5. The molecular weight excluding hydrogens is 294 g/mol. The van der Waals surface area contributed by atoms with Gasteiger partial charge in [0.05, 0.1) is 18.4 Å². The van der Waals surface area contributed by atoms with E-state index in [2.05, 4.69) is 17.0 Å². The van der Waals surface area contributed by atoms with Crippen LogP contribution in [0.2, 0.25) is 5.02 Å². The largest absolute Gasteiger partial charge is 0.408 e. The summed E-state index contributed by atoms with van der Waals surface area (Å²) in [5, 5.41) is 5.86. The fourth-order valence-electron chi connectivity index (χ4n) is 1.06. The van der Waals surface area contributed by atoms with Crippen LogP contribution in [0, 0.1) is 0 Å². The average molecular weight is 302 g/mol. The van der Waals surface area contributed by atoms with Gasteiger partial charge in [0.1, 0.15) is 11.6 Å². The second-order valence-electron chi connectivity index (χ2n) is 3.32. The van der Waals surface area contributed by atoms with Crippen LogP contribution < -0.4 is 10.9 Å². The first-order chi connectivity index (χ1) is 8.20. The molecule has 18 heavy (non-hydrogen) atoms. The number of anilines is 1. The van der Waals surface area contributed by atoms with Crippen LogP contribution in [0.5, 0.6) is 0 Å². The van der Waals surface area contributed by atoms with E-state index in [1.54, 1.807) is 0 Å². The smallest absolute Gasteiger partial charge is 0.377 e. The van der Waals surface area contributed by atoms with Crippen molar-refractivity contribution in [3.05, 3.63) is 33.2 Å². The van der Waals surface area contributed by atoms with Gasteiger partial charge >= 0.3 is 6.18 Å². The summed E-state index contributed by atoms with van der Waals surface area (Å²) in [6, 6.07) is 0. The first-order valence-electron chi connectivity index (χ1n) is 4.60. The van der Waals surface area contributed by atoms with Gasteiger partial charge in [0.15, 0.2) is 0 Å². The fourth-order valence-corrected chi connectivity index (χ4v) is 1.34. The van der Waals surface area contributed by atoms with Crippen LogP contribution in [0.3, 0.4) is 0 Å². The third kappa shape index (κ3) is 4.23. The second kappa shape index (κ2) is 5.62. The van der Waals surface area contributed by atoms with Crippen LogP contribution in [0.4, 0.5) is 18.9 Å². The maximum absolute atomic E-state index is 12.1. The molecule has 0 bridgehead atoms. The highest BCUT2D eigenvalue weighted by Crippen LogP contribution is 2.19. The monoisotopic (exact) mass is 301 g/mol. The molecule has 0 atom stereocenters. The van der Waals surface area contributed by atoms with E-state index in [4.69, 9.17) is 23.2 Å². The van der Waals surface area contributed by atoms with Gasteiger partial charge in [-0.3, -0.25) is 4.79 Å². The van der Waals surface area contributed by atoms with Crippen molar-refractivity contribution in [1.82, 2.24) is 9.78 Å². The van der Waals surface area contributed by atoms with Crippen LogP contribution in [-0.4, -0.2) is 22.5 Å². The summed E-state index contributed by atoms with van der Waals surface area (Å²) >= 11 is 11.1. The number of alkyl halides is 3. The number of rotatable bonds is 4. The van der Waals surface area contributed by atoms with Crippen molar-refractivity contribution in [2.45, 2.75) is 12.7 Å². The Hall–Kier alpha value is -1.21. The highest BCUT2D eigenvalue weighted by atomic mass is 35.5. The molecule has 0 saturated carbocycles. The van der Waals surface area contributed by atoms with Gasteiger partial charge in [-0.15, -0.1) is 0 Å². The summed E-state index contributed by atoms with van der Waals surface area (Å²) in [6.45, 7) is 2.02. The van der Waals surface area contributed by atoms with Crippen molar-refractivity contribution in [2.24, 2.45) is 0 Å². The van der Waals surface area contributed by atoms with Crippen LogP contribution in [0.15, 0.2) is 22.6 Å². The zero-order chi connectivity index (χ0) is 13.9. The highest BCUT2D eigenvalue weighted by Gasteiger charge is 2.29. The van der Waals surface area contributed by atoms with E-state index >= 15 is 0 Å². The molecule has 0 unspecified atom stereocenters. The highest BCUT2D eigenvalue weighted by molar-refractivity contribution is 6.33. The predicted molar refractivity (Wildman–Crippen MR) is 63.0 cm³/mol. The lowest BCUT2D eigenvalue weighted by Crippen LogP contribution is -2.30. The summed E-state index contributed by atoms with van der Waals surface area (Å²) in [7, 11) is 0. The van der Waals surface area contributed by atoms with Crippen molar-refractivity contribution in [1.29, 1.82) is 0 Å². The summed E-state index contributed by atoms with van der Waals surface area (Å²) in [5.41, 5.74) is -0.930. The van der Waals surface area contributed by atoms with Crippen molar-refractivity contribution in [3.8, 4) is 0 Å². The molecule has 0 saturated heterocycles. The lowest BCUT2D eigenvalue weighted by Gasteiger charge is -2.11. The maximum atomic E-state index is 12.1. The van der Waals surface area contributed by atoms with E-state index in [0.717, 1.165) is 6.20 Å². The van der Waals surface area contributed by atoms with Gasteiger partial charge in [0.2, 0.25) is 0 Å². The van der Waals surface area contributed by atoms with E-state index in [0.29, 0.717) is 0 Å². The van der Waals surface area contributed by atoms with Crippen molar-refractivity contribution < 1.29 is 13.2 Å². The first kappa shape index (κ1) is 14.8. The third-order valence-electron chi connectivity index (χ3n) is 1.78. The van der Waals surface area contributed by atoms with Gasteiger partial charge in [-0.25, -0.2) is 4.68 Å². The van der Waals surface area contributed by atoms with Crippen LogP contribution in [0.1, 0.15) is 0 Å². The molecular formula is C9H8Cl2F3N3O. The topological polar surface area (TPSA) is 46.9 Å². The number of nitrogens with zero attached hydrogens (tertiary/aromatic N) is 2. The van der Waals surface area contributed by atoms with E-state index in [-0.39, 0.29) is 27.0 Å². The minimum absolute atomic E-state index is 0.0990. The molecule has 1 aromatic heterocycles. The molecule has 0 aromatic carbocycles. The predicted octanol–water partition coefficient (Wildman–Crippen LogP) is 2.62. The molecule has 1 aromatic rings. The molecule has 0 fully saturated rings. The number of aromatic nitrogens is 2. The summed E-state index contributed by atoms with van der Waals surface area (Å²) in [6.07, 6.45) is -3.52. The molecule has 1 rings (SSSR count). The van der Waals surface area contributed by atoms with Gasteiger partial charge in [0.25, 0.3) is 5.56 Å². The summed E-state index contributed by atoms with van der Waals surface area (Å²) in [5.74, 6) is 0. The Morgan fingerprint density at radius 3 is 2.67 bits per heavy atom. The molecule has 4 nitrogen and oxygen atoms in total. The van der Waals surface area contributed by atoms with Crippen LogP contribution >= 0.6 is 23.2 Å². The fraction of sp³-hybridized carbons (Fsp3) is 0.333. The Morgan fingerprint density at radius 1 is 1.56 bits per heavy atom. The van der Waals surface area contributed by atoms with Crippen molar-refractivity contribution in [3.63, 3.8) is 0 Å². The normalized spacial score (nSPS) is 11.4. The minimum Gasteiger partial charge on any atom is -0.377 e. The standard InChI is InChI=1S/C9H8Cl2F3N3O/c1-5(10)2-15-6-3-16-17(4-9(12,13)14)8(18)7(6)11/h3,15H,1-2,4H2. The Kier molecular flexibility index (Phi) is 4.64. The van der Waals surface area contributed by atoms with Gasteiger partial charge in [-0.05, 0) is 0 Å². The first-order valence-corrected chi connectivity index (χ1v) is 5.36. The molecule has 0 amide bonds. The van der Waals surface area contributed by atoms with Gasteiger partial charge < -0.3 is 5.32 Å². The second-order valence-corrected chi connectivity index (χ2v) is 4.23. The Labute approximate surface area is 110 Å². The Bertz CT molecular complexity index is 513. The zero-order valence-corrected chi connectivity index (χ0v) is 10.4. The molecule has 0 spiro atoms. The average Bonchev–Trinajstić information content (AvgIpc) is 2.22. The third-order valence-corrected chi connectivity index (χ3v) is 2.28. The number of hydrogen-bond donors (Lipinski definition) is 1. The SMILES string of the molecule is C=C(Cl)CNc1cnn(CC(F)(F)F)c(=O)c1Cl. The van der Waals surface area contributed by atoms with Gasteiger partial charge in [0, 0.05) is 5.03 Å². The van der Waals surface area contributed by atoms with Crippen LogP contribution in [-0.2, 0) is 6.54 Å². The maximum Gasteiger partial charge on any atom is 0.408 e. The summed E-state index contributed by atoms with van der Waals surface area (Å²) in [4.78, 5) is 11.5. The zero-order valence-electron chi connectivity index (χ0n) is 8.89. The molecule has 0 aliphatic rings. The van der Waals surface area contributed by atoms with Crippen molar-refractivity contribution >= 4 is 28.9 Å². The Morgan fingerprint density at radius 2 is 2.17 bits per heavy atom. The molecule has 0 aliphatic heterocycles. The van der Waals surface area contributed by atoms with E-state index in [1.165, 1.54) is 0 Å². The van der Waals surface area contributed by atoms with E-state index < -0.39 is 18.3 Å². The molecule has 0 aliphatic carbocycles. The van der Waals surface area contributed by atoms with Gasteiger partial charge in [-0.2, -0.15) is 18.3 Å². The molecule has 100 valence electrons. The quantitative estimate of drug-likeness (QED) is 0.930. The molecule has 9 heteroatoms. The lowest BCUT2D eigenvalue weighted by molar-refractivity contribution is -0.143. The van der Waals surface area contributed by atoms with Crippen molar-refractivity contribution in [2.75, 3.05) is 11.9 Å². The summed E-state index contributed by atoms with van der Waals surface area (Å²) < 4.78 is 36.6. The Balaban J connectivity index is 2.98. The molecule has 1 heterocycles. The van der Waals surface area contributed by atoms with E-state index in [1.807, 2.05) is 0 Å². The molecule has 0 radical (unpaired) electrons. The van der Waals surface area contributed by atoms with Gasteiger partial charge in [-0.1, -0.05) is 29.8 Å².